The van der Waals surface area contributed by atoms with Crippen molar-refractivity contribution in [3.05, 3.63) is 53.9 Å². The molecule has 0 unspecified atom stereocenters. The van der Waals surface area contributed by atoms with E-state index in [1.165, 1.54) is 0 Å². The normalized spacial score (nSPS) is 12.0. The number of hydrogen-bond acceptors (Lipinski definition) is 3. The molecule has 1 aromatic heterocycles. The summed E-state index contributed by atoms with van der Waals surface area (Å²) in [4.78, 5) is 12.2. The Hall–Kier alpha value is -2.27. The zero-order valence-corrected chi connectivity index (χ0v) is 12.2. The zero-order chi connectivity index (χ0) is 15.2. The first-order chi connectivity index (χ1) is 10.1. The van der Waals surface area contributed by atoms with Gasteiger partial charge < -0.3 is 19.7 Å². The Balaban J connectivity index is 2.00. The number of rotatable bonds is 6. The van der Waals surface area contributed by atoms with Crippen molar-refractivity contribution in [3.8, 4) is 5.75 Å². The fourth-order valence-corrected chi connectivity index (χ4v) is 2.15. The van der Waals surface area contributed by atoms with Crippen LogP contribution in [0.1, 0.15) is 29.1 Å². The van der Waals surface area contributed by atoms with Crippen molar-refractivity contribution in [2.75, 3.05) is 13.2 Å². The molecule has 0 spiro atoms. The number of ether oxygens (including phenoxy) is 1. The predicted octanol–water partition coefficient (Wildman–Crippen LogP) is 1.89. The number of amides is 1. The van der Waals surface area contributed by atoms with Crippen molar-refractivity contribution in [2.45, 2.75) is 13.0 Å². The molecule has 0 radical (unpaired) electrons. The largest absolute Gasteiger partial charge is 0.493 e. The monoisotopic (exact) mass is 288 g/mol. The van der Waals surface area contributed by atoms with Crippen molar-refractivity contribution in [1.29, 1.82) is 0 Å². The SMILES string of the molecule is CCOc1ccccc1C(=O)NC[C@H](O)c1cccn1C. The first-order valence-electron chi connectivity index (χ1n) is 6.92. The van der Waals surface area contributed by atoms with Crippen LogP contribution in [-0.4, -0.2) is 28.7 Å². The Kier molecular flexibility index (Phi) is 5.00. The Morgan fingerprint density at radius 1 is 1.33 bits per heavy atom. The number of aliphatic hydroxyl groups is 1. The molecule has 0 bridgehead atoms. The van der Waals surface area contributed by atoms with Crippen molar-refractivity contribution in [1.82, 2.24) is 9.88 Å². The van der Waals surface area contributed by atoms with Gasteiger partial charge in [-0.05, 0) is 31.2 Å². The molecule has 112 valence electrons. The van der Waals surface area contributed by atoms with Gasteiger partial charge in [0.15, 0.2) is 0 Å². The molecule has 1 atom stereocenters. The van der Waals surface area contributed by atoms with Gasteiger partial charge >= 0.3 is 0 Å². The van der Waals surface area contributed by atoms with Crippen LogP contribution < -0.4 is 10.1 Å². The summed E-state index contributed by atoms with van der Waals surface area (Å²) in [6.07, 6.45) is 1.11. The number of aromatic nitrogens is 1. The Bertz CT molecular complexity index is 607. The second-order valence-electron chi connectivity index (χ2n) is 4.70. The van der Waals surface area contributed by atoms with Crippen molar-refractivity contribution >= 4 is 5.91 Å². The molecule has 0 saturated carbocycles. The minimum Gasteiger partial charge on any atom is -0.493 e. The number of nitrogens with zero attached hydrogens (tertiary/aromatic N) is 1. The Labute approximate surface area is 124 Å². The minimum absolute atomic E-state index is 0.150. The summed E-state index contributed by atoms with van der Waals surface area (Å²) in [5.41, 5.74) is 1.23. The highest BCUT2D eigenvalue weighted by Crippen LogP contribution is 2.18. The lowest BCUT2D eigenvalue weighted by atomic mass is 10.1. The molecule has 21 heavy (non-hydrogen) atoms. The number of para-hydroxylation sites is 1. The second-order valence-corrected chi connectivity index (χ2v) is 4.70. The van der Waals surface area contributed by atoms with Crippen LogP contribution in [0.4, 0.5) is 0 Å². The van der Waals surface area contributed by atoms with Gasteiger partial charge in [-0.25, -0.2) is 0 Å². The smallest absolute Gasteiger partial charge is 0.255 e. The minimum atomic E-state index is -0.742. The second kappa shape index (κ2) is 6.95. The molecule has 1 amide bonds. The standard InChI is InChI=1S/C16H20N2O3/c1-3-21-15-9-5-4-7-12(15)16(20)17-11-14(19)13-8-6-10-18(13)2/h4-10,14,19H,3,11H2,1-2H3,(H,17,20)/t14-/m0/s1. The van der Waals surface area contributed by atoms with Crippen LogP contribution in [-0.2, 0) is 7.05 Å². The zero-order valence-electron chi connectivity index (χ0n) is 12.2. The fraction of sp³-hybridized carbons (Fsp3) is 0.312. The van der Waals surface area contributed by atoms with Gasteiger partial charge in [-0.2, -0.15) is 0 Å². The molecule has 1 heterocycles. The molecular weight excluding hydrogens is 268 g/mol. The molecule has 0 aliphatic heterocycles. The molecule has 5 nitrogen and oxygen atoms in total. The first kappa shape index (κ1) is 15.1. The Morgan fingerprint density at radius 3 is 2.76 bits per heavy atom. The molecule has 0 aliphatic rings. The van der Waals surface area contributed by atoms with E-state index in [-0.39, 0.29) is 12.5 Å². The van der Waals surface area contributed by atoms with Crippen LogP contribution in [0.25, 0.3) is 0 Å². The van der Waals surface area contributed by atoms with Crippen LogP contribution in [0.5, 0.6) is 5.75 Å². The van der Waals surface area contributed by atoms with Gasteiger partial charge in [0.1, 0.15) is 11.9 Å². The number of aryl methyl sites for hydroxylation is 1. The number of carbonyl (C=O) groups is 1. The van der Waals surface area contributed by atoms with Crippen LogP contribution in [0.15, 0.2) is 42.6 Å². The van der Waals surface area contributed by atoms with E-state index in [2.05, 4.69) is 5.32 Å². The molecule has 0 aliphatic carbocycles. The molecule has 0 saturated heterocycles. The third-order valence-electron chi connectivity index (χ3n) is 3.21. The van der Waals surface area contributed by atoms with Gasteiger partial charge in [-0.15, -0.1) is 0 Å². The lowest BCUT2D eigenvalue weighted by Gasteiger charge is -2.14. The molecular formula is C16H20N2O3. The summed E-state index contributed by atoms with van der Waals surface area (Å²) in [6, 6.07) is 10.7. The highest BCUT2D eigenvalue weighted by Gasteiger charge is 2.15. The first-order valence-corrected chi connectivity index (χ1v) is 6.92. The highest BCUT2D eigenvalue weighted by atomic mass is 16.5. The van der Waals surface area contributed by atoms with Crippen LogP contribution in [0.3, 0.4) is 0 Å². The van der Waals surface area contributed by atoms with E-state index in [9.17, 15) is 9.90 Å². The van der Waals surface area contributed by atoms with E-state index in [0.717, 1.165) is 5.69 Å². The maximum Gasteiger partial charge on any atom is 0.255 e. The molecule has 2 aromatic rings. The lowest BCUT2D eigenvalue weighted by molar-refractivity contribution is 0.0908. The summed E-state index contributed by atoms with van der Waals surface area (Å²) < 4.78 is 7.25. The molecule has 2 rings (SSSR count). The van der Waals surface area contributed by atoms with Crippen LogP contribution >= 0.6 is 0 Å². The van der Waals surface area contributed by atoms with E-state index in [4.69, 9.17) is 4.74 Å². The molecule has 5 heteroatoms. The number of carbonyl (C=O) groups excluding carboxylic acids is 1. The van der Waals surface area contributed by atoms with Crippen LogP contribution in [0, 0.1) is 0 Å². The maximum atomic E-state index is 12.2. The van der Waals surface area contributed by atoms with E-state index in [1.807, 2.05) is 42.9 Å². The number of benzene rings is 1. The molecule has 0 fully saturated rings. The van der Waals surface area contributed by atoms with Gasteiger partial charge in [0, 0.05) is 25.5 Å². The average molecular weight is 288 g/mol. The predicted molar refractivity (Wildman–Crippen MR) is 80.3 cm³/mol. The third-order valence-corrected chi connectivity index (χ3v) is 3.21. The summed E-state index contributed by atoms with van der Waals surface area (Å²) >= 11 is 0. The topological polar surface area (TPSA) is 63.5 Å². The highest BCUT2D eigenvalue weighted by molar-refractivity contribution is 5.96. The van der Waals surface area contributed by atoms with Gasteiger partial charge in [-0.3, -0.25) is 4.79 Å². The number of aliphatic hydroxyl groups excluding tert-OH is 1. The summed E-state index contributed by atoms with van der Waals surface area (Å²) in [7, 11) is 1.85. The van der Waals surface area contributed by atoms with Gasteiger partial charge in [-0.1, -0.05) is 12.1 Å². The van der Waals surface area contributed by atoms with Crippen LogP contribution in [0.2, 0.25) is 0 Å². The van der Waals surface area contributed by atoms with Crippen molar-refractivity contribution in [3.63, 3.8) is 0 Å². The summed E-state index contributed by atoms with van der Waals surface area (Å²) in [5.74, 6) is 0.290. The summed E-state index contributed by atoms with van der Waals surface area (Å²) in [5, 5.41) is 12.8. The fourth-order valence-electron chi connectivity index (χ4n) is 2.15. The van der Waals surface area contributed by atoms with E-state index >= 15 is 0 Å². The van der Waals surface area contributed by atoms with E-state index in [0.29, 0.717) is 17.9 Å². The van der Waals surface area contributed by atoms with Crippen molar-refractivity contribution in [2.24, 2.45) is 7.05 Å². The molecule has 1 aromatic carbocycles. The third kappa shape index (κ3) is 3.64. The molecule has 2 N–H and O–H groups in total. The summed E-state index contributed by atoms with van der Waals surface area (Å²) in [6.45, 7) is 2.52. The van der Waals surface area contributed by atoms with Gasteiger partial charge in [0.05, 0.1) is 12.2 Å². The maximum absolute atomic E-state index is 12.2. The van der Waals surface area contributed by atoms with E-state index < -0.39 is 6.10 Å². The van der Waals surface area contributed by atoms with Gasteiger partial charge in [0.2, 0.25) is 0 Å². The van der Waals surface area contributed by atoms with Gasteiger partial charge in [0.25, 0.3) is 5.91 Å². The Morgan fingerprint density at radius 2 is 2.10 bits per heavy atom. The average Bonchev–Trinajstić information content (AvgIpc) is 2.91. The quantitative estimate of drug-likeness (QED) is 0.853. The van der Waals surface area contributed by atoms with Crippen molar-refractivity contribution < 1.29 is 14.6 Å². The van der Waals surface area contributed by atoms with E-state index in [1.54, 1.807) is 18.2 Å². The number of hydrogen-bond donors (Lipinski definition) is 2. The number of nitrogens with one attached hydrogen (secondary N) is 1. The lowest BCUT2D eigenvalue weighted by Crippen LogP contribution is -2.29.